The van der Waals surface area contributed by atoms with Crippen LogP contribution in [-0.4, -0.2) is 20.7 Å². The highest BCUT2D eigenvalue weighted by Gasteiger charge is 2.16. The monoisotopic (exact) mass is 414 g/mol. The number of carbonyl (C=O) groups excluding carboxylic acids is 1. The number of halogens is 2. The first-order valence-corrected chi connectivity index (χ1v) is 10.1. The molecule has 0 spiro atoms. The van der Waals surface area contributed by atoms with Crippen LogP contribution in [0.3, 0.4) is 0 Å². The number of fused-ring (bicyclic) bond motifs is 1. The Bertz CT molecular complexity index is 1020. The van der Waals surface area contributed by atoms with Crippen LogP contribution in [0.25, 0.3) is 11.4 Å². The average Bonchev–Trinajstić information content (AvgIpc) is 2.93. The maximum Gasteiger partial charge on any atom is 0.228 e. The second kappa shape index (κ2) is 8.33. The molecule has 0 saturated carbocycles. The third kappa shape index (κ3) is 4.21. The van der Waals surface area contributed by atoms with Crippen molar-refractivity contribution >= 4 is 34.8 Å². The van der Waals surface area contributed by atoms with Gasteiger partial charge in [0.2, 0.25) is 5.91 Å². The summed E-state index contributed by atoms with van der Waals surface area (Å²) in [5, 5.41) is 12.6. The standard InChI is InChI=1S/C21H20Cl2N4O/c22-17-9-8-14(11-18(17)23)12-20(28)24-16-6-4-5-15(13-16)21-26-25-19-7-2-1-3-10-27(19)21/h4-6,8-9,11,13H,1-3,7,10,12H2,(H,24,28). The normalized spacial score (nSPS) is 13.6. The molecule has 28 heavy (non-hydrogen) atoms. The second-order valence-electron chi connectivity index (χ2n) is 6.96. The van der Waals surface area contributed by atoms with E-state index in [4.69, 9.17) is 23.2 Å². The van der Waals surface area contributed by atoms with E-state index in [1.807, 2.05) is 24.3 Å². The van der Waals surface area contributed by atoms with Gasteiger partial charge in [0.25, 0.3) is 0 Å². The minimum atomic E-state index is -0.115. The lowest BCUT2D eigenvalue weighted by molar-refractivity contribution is -0.115. The van der Waals surface area contributed by atoms with Gasteiger partial charge in [-0.25, -0.2) is 0 Å². The Balaban J connectivity index is 1.50. The minimum absolute atomic E-state index is 0.115. The third-order valence-electron chi connectivity index (χ3n) is 4.86. The molecule has 2 aromatic carbocycles. The molecule has 0 aliphatic carbocycles. The Morgan fingerprint density at radius 2 is 1.93 bits per heavy atom. The number of aryl methyl sites for hydroxylation is 1. The van der Waals surface area contributed by atoms with E-state index < -0.39 is 0 Å². The van der Waals surface area contributed by atoms with Crippen molar-refractivity contribution in [3.05, 3.63) is 63.9 Å². The summed E-state index contributed by atoms with van der Waals surface area (Å²) in [4.78, 5) is 12.4. The number of aromatic nitrogens is 3. The molecule has 7 heteroatoms. The van der Waals surface area contributed by atoms with Crippen LogP contribution in [0.2, 0.25) is 10.0 Å². The van der Waals surface area contributed by atoms with Crippen molar-refractivity contribution in [2.24, 2.45) is 0 Å². The van der Waals surface area contributed by atoms with Crippen LogP contribution in [-0.2, 0) is 24.2 Å². The van der Waals surface area contributed by atoms with E-state index in [2.05, 4.69) is 20.1 Å². The molecule has 1 N–H and O–H groups in total. The number of amides is 1. The molecule has 0 saturated heterocycles. The number of hydrogen-bond donors (Lipinski definition) is 1. The zero-order valence-electron chi connectivity index (χ0n) is 15.3. The summed E-state index contributed by atoms with van der Waals surface area (Å²) in [6, 6.07) is 12.9. The molecule has 0 radical (unpaired) electrons. The first kappa shape index (κ1) is 19.0. The quantitative estimate of drug-likeness (QED) is 0.641. The van der Waals surface area contributed by atoms with E-state index in [0.29, 0.717) is 10.0 Å². The van der Waals surface area contributed by atoms with Crippen molar-refractivity contribution in [1.82, 2.24) is 14.8 Å². The summed E-state index contributed by atoms with van der Waals surface area (Å²) >= 11 is 12.0. The van der Waals surface area contributed by atoms with Gasteiger partial charge in [-0.05, 0) is 42.7 Å². The Morgan fingerprint density at radius 3 is 2.79 bits per heavy atom. The van der Waals surface area contributed by atoms with Gasteiger partial charge in [0.1, 0.15) is 5.82 Å². The van der Waals surface area contributed by atoms with Crippen molar-refractivity contribution in [2.45, 2.75) is 38.6 Å². The van der Waals surface area contributed by atoms with Crippen LogP contribution in [0.5, 0.6) is 0 Å². The summed E-state index contributed by atoms with van der Waals surface area (Å²) in [5.41, 5.74) is 2.49. The van der Waals surface area contributed by atoms with Gasteiger partial charge in [0.05, 0.1) is 16.5 Å². The molecule has 4 rings (SSSR count). The van der Waals surface area contributed by atoms with E-state index in [1.54, 1.807) is 18.2 Å². The maximum atomic E-state index is 12.4. The smallest absolute Gasteiger partial charge is 0.228 e. The van der Waals surface area contributed by atoms with Crippen LogP contribution in [0.4, 0.5) is 5.69 Å². The van der Waals surface area contributed by atoms with Crippen molar-refractivity contribution < 1.29 is 4.79 Å². The molecule has 5 nitrogen and oxygen atoms in total. The molecule has 1 aliphatic rings. The summed E-state index contributed by atoms with van der Waals surface area (Å²) in [6.45, 7) is 0.936. The highest BCUT2D eigenvalue weighted by Crippen LogP contribution is 2.26. The summed E-state index contributed by atoms with van der Waals surface area (Å²) in [7, 11) is 0. The second-order valence-corrected chi connectivity index (χ2v) is 7.77. The fourth-order valence-electron chi connectivity index (χ4n) is 3.47. The largest absolute Gasteiger partial charge is 0.326 e. The van der Waals surface area contributed by atoms with Gasteiger partial charge in [0, 0.05) is 24.2 Å². The Morgan fingerprint density at radius 1 is 1.04 bits per heavy atom. The van der Waals surface area contributed by atoms with Gasteiger partial charge in [0.15, 0.2) is 5.82 Å². The molecule has 0 fully saturated rings. The first-order valence-electron chi connectivity index (χ1n) is 9.36. The predicted octanol–water partition coefficient (Wildman–Crippen LogP) is 5.16. The van der Waals surface area contributed by atoms with E-state index >= 15 is 0 Å². The fraction of sp³-hybridized carbons (Fsp3) is 0.286. The first-order chi connectivity index (χ1) is 13.6. The highest BCUT2D eigenvalue weighted by atomic mass is 35.5. The number of carbonyl (C=O) groups is 1. The summed E-state index contributed by atoms with van der Waals surface area (Å²) < 4.78 is 2.20. The zero-order valence-corrected chi connectivity index (χ0v) is 16.8. The Labute approximate surface area is 173 Å². The number of rotatable bonds is 4. The lowest BCUT2D eigenvalue weighted by Crippen LogP contribution is -2.14. The molecule has 0 bridgehead atoms. The number of benzene rings is 2. The highest BCUT2D eigenvalue weighted by molar-refractivity contribution is 6.42. The molecule has 144 valence electrons. The summed E-state index contributed by atoms with van der Waals surface area (Å²) in [6.07, 6.45) is 4.70. The van der Waals surface area contributed by atoms with Gasteiger partial charge in [-0.1, -0.05) is 47.8 Å². The topological polar surface area (TPSA) is 59.8 Å². The van der Waals surface area contributed by atoms with Crippen molar-refractivity contribution in [3.8, 4) is 11.4 Å². The van der Waals surface area contributed by atoms with Gasteiger partial charge in [-0.15, -0.1) is 10.2 Å². The maximum absolute atomic E-state index is 12.4. The van der Waals surface area contributed by atoms with Gasteiger partial charge >= 0.3 is 0 Å². The summed E-state index contributed by atoms with van der Waals surface area (Å²) in [5.74, 6) is 1.79. The van der Waals surface area contributed by atoms with E-state index in [-0.39, 0.29) is 12.3 Å². The number of nitrogens with zero attached hydrogens (tertiary/aromatic N) is 3. The predicted molar refractivity (Wildman–Crippen MR) is 112 cm³/mol. The molecule has 3 aromatic rings. The van der Waals surface area contributed by atoms with Crippen LogP contribution >= 0.6 is 23.2 Å². The SMILES string of the molecule is O=C(Cc1ccc(Cl)c(Cl)c1)Nc1cccc(-c2nnc3n2CCCCC3)c1. The van der Waals surface area contributed by atoms with Crippen LogP contribution in [0.15, 0.2) is 42.5 Å². The van der Waals surface area contributed by atoms with E-state index in [0.717, 1.165) is 54.3 Å². The number of anilines is 1. The average molecular weight is 415 g/mol. The Hall–Kier alpha value is -2.37. The van der Waals surface area contributed by atoms with Gasteiger partial charge in [-0.3, -0.25) is 4.79 Å². The lowest BCUT2D eigenvalue weighted by atomic mass is 10.1. The van der Waals surface area contributed by atoms with E-state index in [1.165, 1.54) is 6.42 Å². The molecule has 0 unspecified atom stereocenters. The molecule has 1 aromatic heterocycles. The molecular formula is C21H20Cl2N4O. The van der Waals surface area contributed by atoms with Gasteiger partial charge in [-0.2, -0.15) is 0 Å². The molecule has 2 heterocycles. The molecule has 1 aliphatic heterocycles. The molecule has 1 amide bonds. The fourth-order valence-corrected chi connectivity index (χ4v) is 3.80. The minimum Gasteiger partial charge on any atom is -0.326 e. The van der Waals surface area contributed by atoms with Gasteiger partial charge < -0.3 is 9.88 Å². The van der Waals surface area contributed by atoms with Crippen molar-refractivity contribution in [3.63, 3.8) is 0 Å². The third-order valence-corrected chi connectivity index (χ3v) is 5.60. The zero-order chi connectivity index (χ0) is 19.5. The van der Waals surface area contributed by atoms with Crippen LogP contribution in [0, 0.1) is 0 Å². The molecule has 0 atom stereocenters. The van der Waals surface area contributed by atoms with Crippen molar-refractivity contribution in [1.29, 1.82) is 0 Å². The lowest BCUT2D eigenvalue weighted by Gasteiger charge is -2.10. The van der Waals surface area contributed by atoms with Crippen molar-refractivity contribution in [2.75, 3.05) is 5.32 Å². The number of nitrogens with one attached hydrogen (secondary N) is 1. The molecular weight excluding hydrogens is 395 g/mol. The number of hydrogen-bond acceptors (Lipinski definition) is 3. The van der Waals surface area contributed by atoms with E-state index in [9.17, 15) is 4.79 Å². The van der Waals surface area contributed by atoms with Crippen LogP contribution in [0.1, 0.15) is 30.7 Å². The Kier molecular flexibility index (Phi) is 5.64. The van der Waals surface area contributed by atoms with Crippen LogP contribution < -0.4 is 5.32 Å².